The summed E-state index contributed by atoms with van der Waals surface area (Å²) in [5.74, 6) is -2.91. The molecule has 9 heteroatoms. The van der Waals surface area contributed by atoms with Crippen LogP contribution in [-0.2, 0) is 4.79 Å². The standard InChI is InChI=1S/C22H24O9/c1-28-14-7-11(8-15(29-2)19(14)24)17-13(9-23)12(22(26)27)5-10-6-16(30-3)20(25)21(31-4)18(10)17/h5-8,13,17,23-25H,9H2,1-4H3,(H,26,27)/t13-,17+/m1/s1. The molecule has 3 rings (SSSR count). The first-order valence-electron chi connectivity index (χ1n) is 9.31. The third-order valence-corrected chi connectivity index (χ3v) is 5.44. The van der Waals surface area contributed by atoms with E-state index in [-0.39, 0.29) is 40.1 Å². The number of aliphatic hydroxyl groups excluding tert-OH is 1. The highest BCUT2D eigenvalue weighted by Gasteiger charge is 2.40. The zero-order valence-electron chi connectivity index (χ0n) is 17.5. The Labute approximate surface area is 178 Å². The summed E-state index contributed by atoms with van der Waals surface area (Å²) >= 11 is 0. The van der Waals surface area contributed by atoms with Crippen molar-refractivity contribution in [1.29, 1.82) is 0 Å². The number of hydrogen-bond donors (Lipinski definition) is 4. The lowest BCUT2D eigenvalue weighted by atomic mass is 9.71. The highest BCUT2D eigenvalue weighted by molar-refractivity contribution is 5.95. The van der Waals surface area contributed by atoms with Gasteiger partial charge in [-0.3, -0.25) is 0 Å². The first kappa shape index (κ1) is 22.1. The molecule has 0 saturated heterocycles. The molecule has 0 amide bonds. The van der Waals surface area contributed by atoms with Gasteiger partial charge in [-0.2, -0.15) is 0 Å². The number of hydrogen-bond acceptors (Lipinski definition) is 8. The number of phenolic OH excluding ortho intramolecular Hbond substituents is 2. The van der Waals surface area contributed by atoms with Gasteiger partial charge < -0.3 is 39.4 Å². The molecule has 0 saturated carbocycles. The quantitative estimate of drug-likeness (QED) is 0.520. The predicted molar refractivity (Wildman–Crippen MR) is 110 cm³/mol. The summed E-state index contributed by atoms with van der Waals surface area (Å²) < 4.78 is 21.2. The van der Waals surface area contributed by atoms with Crippen molar-refractivity contribution in [2.24, 2.45) is 5.92 Å². The molecule has 2 aromatic carbocycles. The lowest BCUT2D eigenvalue weighted by Crippen LogP contribution is -2.28. The molecule has 1 aliphatic carbocycles. The Balaban J connectivity index is 2.41. The lowest BCUT2D eigenvalue weighted by molar-refractivity contribution is -0.133. The van der Waals surface area contributed by atoms with Crippen molar-refractivity contribution in [3.05, 3.63) is 40.5 Å². The molecule has 0 radical (unpaired) electrons. The second-order valence-corrected chi connectivity index (χ2v) is 6.91. The molecule has 0 aliphatic heterocycles. The van der Waals surface area contributed by atoms with Crippen LogP contribution in [0.3, 0.4) is 0 Å². The molecule has 0 heterocycles. The molecule has 4 N–H and O–H groups in total. The molecule has 0 spiro atoms. The fraction of sp³-hybridized carbons (Fsp3) is 0.318. The number of carbonyl (C=O) groups is 1. The fourth-order valence-corrected chi connectivity index (χ4v) is 4.03. The van der Waals surface area contributed by atoms with E-state index in [9.17, 15) is 25.2 Å². The first-order chi connectivity index (χ1) is 14.8. The van der Waals surface area contributed by atoms with Crippen LogP contribution in [0.2, 0.25) is 0 Å². The lowest BCUT2D eigenvalue weighted by Gasteiger charge is -2.34. The topological polar surface area (TPSA) is 135 Å². The minimum atomic E-state index is -1.20. The van der Waals surface area contributed by atoms with Gasteiger partial charge in [0.05, 0.1) is 35.0 Å². The molecule has 9 nitrogen and oxygen atoms in total. The monoisotopic (exact) mass is 432 g/mol. The third-order valence-electron chi connectivity index (χ3n) is 5.44. The highest BCUT2D eigenvalue weighted by Crippen LogP contribution is 2.53. The van der Waals surface area contributed by atoms with Crippen molar-refractivity contribution >= 4 is 12.0 Å². The number of ether oxygens (including phenoxy) is 4. The minimum absolute atomic E-state index is 0.0270. The largest absolute Gasteiger partial charge is 0.502 e. The van der Waals surface area contributed by atoms with Gasteiger partial charge in [-0.15, -0.1) is 0 Å². The second-order valence-electron chi connectivity index (χ2n) is 6.91. The Kier molecular flexibility index (Phi) is 6.16. The van der Waals surface area contributed by atoms with E-state index in [1.165, 1.54) is 52.7 Å². The van der Waals surface area contributed by atoms with Crippen LogP contribution >= 0.6 is 0 Å². The number of rotatable bonds is 7. The van der Waals surface area contributed by atoms with Gasteiger partial charge in [0, 0.05) is 23.0 Å². The zero-order valence-corrected chi connectivity index (χ0v) is 17.5. The molecule has 2 aromatic rings. The van der Waals surface area contributed by atoms with Crippen molar-refractivity contribution in [2.75, 3.05) is 35.0 Å². The van der Waals surface area contributed by atoms with Crippen LogP contribution in [0.5, 0.6) is 34.5 Å². The predicted octanol–water partition coefficient (Wildman–Crippen LogP) is 2.35. The van der Waals surface area contributed by atoms with Crippen LogP contribution in [0.25, 0.3) is 6.08 Å². The van der Waals surface area contributed by atoms with Gasteiger partial charge in [-0.1, -0.05) is 0 Å². The van der Waals surface area contributed by atoms with E-state index >= 15 is 0 Å². The average molecular weight is 432 g/mol. The number of methoxy groups -OCH3 is 4. The second kappa shape index (κ2) is 8.65. The van der Waals surface area contributed by atoms with Crippen molar-refractivity contribution < 1.29 is 44.2 Å². The smallest absolute Gasteiger partial charge is 0.331 e. The van der Waals surface area contributed by atoms with E-state index in [0.717, 1.165) is 0 Å². The number of carboxylic acid groups (broad SMARTS) is 1. The maximum atomic E-state index is 12.0. The zero-order chi connectivity index (χ0) is 22.9. The van der Waals surface area contributed by atoms with Gasteiger partial charge in [-0.05, 0) is 35.4 Å². The number of aliphatic carboxylic acids is 1. The van der Waals surface area contributed by atoms with Crippen LogP contribution in [-0.4, -0.2) is 61.4 Å². The number of carboxylic acids is 1. The minimum Gasteiger partial charge on any atom is -0.502 e. The average Bonchev–Trinajstić information content (AvgIpc) is 2.77. The number of aliphatic hydroxyl groups is 1. The molecule has 31 heavy (non-hydrogen) atoms. The van der Waals surface area contributed by atoms with E-state index in [1.54, 1.807) is 0 Å². The summed E-state index contributed by atoms with van der Waals surface area (Å²) in [5.41, 5.74) is 1.37. The third kappa shape index (κ3) is 3.57. The molecule has 1 aliphatic rings. The van der Waals surface area contributed by atoms with Gasteiger partial charge in [0.2, 0.25) is 11.5 Å². The summed E-state index contributed by atoms with van der Waals surface area (Å²) in [5, 5.41) is 40.9. The van der Waals surface area contributed by atoms with Crippen LogP contribution in [0.1, 0.15) is 22.6 Å². The van der Waals surface area contributed by atoms with Gasteiger partial charge in [0.15, 0.2) is 23.0 Å². The van der Waals surface area contributed by atoms with E-state index in [0.29, 0.717) is 16.7 Å². The van der Waals surface area contributed by atoms with Crippen LogP contribution in [0.4, 0.5) is 0 Å². The summed E-state index contributed by atoms with van der Waals surface area (Å²) in [6, 6.07) is 4.56. The van der Waals surface area contributed by atoms with Crippen molar-refractivity contribution in [1.82, 2.24) is 0 Å². The molecule has 0 unspecified atom stereocenters. The first-order valence-corrected chi connectivity index (χ1v) is 9.31. The SMILES string of the molecule is COc1cc([C@@H]2c3c(cc(OC)c(O)c3OC)C=C(C(=O)O)[C@H]2CO)cc(OC)c1O. The van der Waals surface area contributed by atoms with Crippen LogP contribution in [0.15, 0.2) is 23.8 Å². The number of fused-ring (bicyclic) bond motifs is 1. The molecule has 0 aromatic heterocycles. The number of benzene rings is 2. The van der Waals surface area contributed by atoms with E-state index in [4.69, 9.17) is 18.9 Å². The van der Waals surface area contributed by atoms with Gasteiger partial charge >= 0.3 is 5.97 Å². The molecule has 2 atom stereocenters. The van der Waals surface area contributed by atoms with Crippen LogP contribution < -0.4 is 18.9 Å². The van der Waals surface area contributed by atoms with E-state index in [1.807, 2.05) is 0 Å². The van der Waals surface area contributed by atoms with Crippen molar-refractivity contribution in [2.45, 2.75) is 5.92 Å². The number of phenols is 2. The van der Waals surface area contributed by atoms with Gasteiger partial charge in [0.25, 0.3) is 0 Å². The Bertz CT molecular complexity index is 1020. The van der Waals surface area contributed by atoms with E-state index in [2.05, 4.69) is 0 Å². The Morgan fingerprint density at radius 3 is 1.90 bits per heavy atom. The summed E-state index contributed by atoms with van der Waals surface area (Å²) in [6.07, 6.45) is 1.43. The Morgan fingerprint density at radius 2 is 1.45 bits per heavy atom. The highest BCUT2D eigenvalue weighted by atomic mass is 16.5. The normalized spacial score (nSPS) is 17.4. The van der Waals surface area contributed by atoms with Crippen molar-refractivity contribution in [3.63, 3.8) is 0 Å². The van der Waals surface area contributed by atoms with Gasteiger partial charge in [0.1, 0.15) is 0 Å². The summed E-state index contributed by atoms with van der Waals surface area (Å²) in [7, 11) is 5.48. The van der Waals surface area contributed by atoms with E-state index < -0.39 is 24.4 Å². The molecule has 0 bridgehead atoms. The maximum Gasteiger partial charge on any atom is 0.331 e. The summed E-state index contributed by atoms with van der Waals surface area (Å²) in [4.78, 5) is 12.0. The molecule has 0 fully saturated rings. The Hall–Kier alpha value is -3.59. The molecular weight excluding hydrogens is 408 g/mol. The fourth-order valence-electron chi connectivity index (χ4n) is 4.03. The number of aromatic hydroxyl groups is 2. The molecule has 166 valence electrons. The van der Waals surface area contributed by atoms with Crippen LogP contribution in [0, 0.1) is 5.92 Å². The maximum absolute atomic E-state index is 12.0. The van der Waals surface area contributed by atoms with Gasteiger partial charge in [-0.25, -0.2) is 4.79 Å². The van der Waals surface area contributed by atoms with Crippen molar-refractivity contribution in [3.8, 4) is 34.5 Å². The summed E-state index contributed by atoms with van der Waals surface area (Å²) in [6.45, 7) is -0.496. The Morgan fingerprint density at radius 1 is 0.903 bits per heavy atom. The molecular formula is C22H24O9.